The van der Waals surface area contributed by atoms with Gasteiger partial charge in [-0.1, -0.05) is 5.16 Å². The van der Waals surface area contributed by atoms with Crippen LogP contribution in [0.15, 0.2) is 4.52 Å². The monoisotopic (exact) mass is 279 g/mol. The molecule has 0 radical (unpaired) electrons. The molecule has 2 aliphatic rings. The minimum atomic E-state index is 0.252. The first kappa shape index (κ1) is 14.0. The van der Waals surface area contributed by atoms with Crippen molar-refractivity contribution >= 4 is 0 Å². The third-order valence-electron chi connectivity index (χ3n) is 4.47. The van der Waals surface area contributed by atoms with Crippen LogP contribution in [-0.4, -0.2) is 66.8 Å². The fraction of sp³-hybridized carbons (Fsp3) is 0.857. The van der Waals surface area contributed by atoms with Gasteiger partial charge in [-0.3, -0.25) is 4.90 Å². The molecule has 0 aliphatic carbocycles. The molecule has 0 aromatic carbocycles. The standard InChI is InChI=1S/C14H25N5O/c1-18-6-3-7-19(2)12(10-18)14-16-13(20-17-14)8-11-4-5-15-9-11/h11-12,15H,3-10H2,1-2H3. The van der Waals surface area contributed by atoms with Crippen molar-refractivity contribution in [2.75, 3.05) is 46.8 Å². The molecule has 0 spiro atoms. The molecule has 2 aliphatic heterocycles. The predicted molar refractivity (Wildman–Crippen MR) is 76.5 cm³/mol. The molecule has 0 bridgehead atoms. The summed E-state index contributed by atoms with van der Waals surface area (Å²) in [4.78, 5) is 9.34. The van der Waals surface area contributed by atoms with E-state index in [1.165, 1.54) is 12.8 Å². The Labute approximate surface area is 120 Å². The number of aromatic nitrogens is 2. The molecule has 2 fully saturated rings. The van der Waals surface area contributed by atoms with Crippen molar-refractivity contribution in [2.24, 2.45) is 5.92 Å². The lowest BCUT2D eigenvalue weighted by atomic mass is 10.1. The van der Waals surface area contributed by atoms with Crippen molar-refractivity contribution in [3.05, 3.63) is 11.7 Å². The van der Waals surface area contributed by atoms with Gasteiger partial charge in [0, 0.05) is 13.0 Å². The zero-order valence-corrected chi connectivity index (χ0v) is 12.5. The lowest BCUT2D eigenvalue weighted by molar-refractivity contribution is 0.214. The Balaban J connectivity index is 1.67. The smallest absolute Gasteiger partial charge is 0.227 e. The molecule has 0 saturated carbocycles. The highest BCUT2D eigenvalue weighted by atomic mass is 16.5. The molecule has 6 nitrogen and oxygen atoms in total. The van der Waals surface area contributed by atoms with Crippen LogP contribution in [0.25, 0.3) is 0 Å². The van der Waals surface area contributed by atoms with Crippen LogP contribution in [0.2, 0.25) is 0 Å². The summed E-state index contributed by atoms with van der Waals surface area (Å²) in [6.07, 6.45) is 3.32. The van der Waals surface area contributed by atoms with Crippen molar-refractivity contribution < 1.29 is 4.52 Å². The van der Waals surface area contributed by atoms with E-state index in [4.69, 9.17) is 4.52 Å². The minimum Gasteiger partial charge on any atom is -0.339 e. The molecule has 1 aromatic rings. The van der Waals surface area contributed by atoms with Gasteiger partial charge in [-0.05, 0) is 59.0 Å². The van der Waals surface area contributed by atoms with Gasteiger partial charge in [0.1, 0.15) is 0 Å². The Morgan fingerprint density at radius 1 is 1.35 bits per heavy atom. The summed E-state index contributed by atoms with van der Waals surface area (Å²) in [7, 11) is 4.32. The molecule has 6 heteroatoms. The maximum Gasteiger partial charge on any atom is 0.227 e. The van der Waals surface area contributed by atoms with Gasteiger partial charge < -0.3 is 14.7 Å². The van der Waals surface area contributed by atoms with Gasteiger partial charge in [-0.25, -0.2) is 0 Å². The van der Waals surface area contributed by atoms with Gasteiger partial charge in [0.05, 0.1) is 6.04 Å². The van der Waals surface area contributed by atoms with E-state index in [9.17, 15) is 0 Å². The average Bonchev–Trinajstić information content (AvgIpc) is 3.05. The van der Waals surface area contributed by atoms with Crippen LogP contribution in [0.1, 0.15) is 30.6 Å². The zero-order chi connectivity index (χ0) is 13.9. The Morgan fingerprint density at radius 2 is 2.25 bits per heavy atom. The Bertz CT molecular complexity index is 429. The minimum absolute atomic E-state index is 0.252. The van der Waals surface area contributed by atoms with E-state index in [-0.39, 0.29) is 6.04 Å². The summed E-state index contributed by atoms with van der Waals surface area (Å²) >= 11 is 0. The number of likely N-dealkylation sites (N-methyl/N-ethyl adjacent to an activating group) is 2. The second kappa shape index (κ2) is 6.20. The van der Waals surface area contributed by atoms with E-state index in [0.717, 1.165) is 50.9 Å². The first-order chi connectivity index (χ1) is 9.72. The van der Waals surface area contributed by atoms with Gasteiger partial charge >= 0.3 is 0 Å². The van der Waals surface area contributed by atoms with Crippen molar-refractivity contribution in [1.82, 2.24) is 25.3 Å². The maximum atomic E-state index is 5.47. The number of nitrogens with zero attached hydrogens (tertiary/aromatic N) is 4. The van der Waals surface area contributed by atoms with Gasteiger partial charge in [-0.2, -0.15) is 4.98 Å². The van der Waals surface area contributed by atoms with Gasteiger partial charge in [0.25, 0.3) is 0 Å². The average molecular weight is 279 g/mol. The molecule has 2 saturated heterocycles. The summed E-state index contributed by atoms with van der Waals surface area (Å²) < 4.78 is 5.47. The van der Waals surface area contributed by atoms with Crippen LogP contribution in [0.5, 0.6) is 0 Å². The van der Waals surface area contributed by atoms with Crippen LogP contribution in [0, 0.1) is 5.92 Å². The maximum absolute atomic E-state index is 5.47. The van der Waals surface area contributed by atoms with Crippen molar-refractivity contribution in [3.8, 4) is 0 Å². The van der Waals surface area contributed by atoms with Crippen LogP contribution >= 0.6 is 0 Å². The van der Waals surface area contributed by atoms with E-state index < -0.39 is 0 Å². The van der Waals surface area contributed by atoms with Crippen LogP contribution in [0.3, 0.4) is 0 Å². The summed E-state index contributed by atoms with van der Waals surface area (Å²) in [6.45, 7) is 5.39. The Kier molecular flexibility index (Phi) is 4.33. The number of nitrogens with one attached hydrogen (secondary N) is 1. The van der Waals surface area contributed by atoms with E-state index in [1.807, 2.05) is 0 Å². The molecule has 1 aromatic heterocycles. The summed E-state index contributed by atoms with van der Waals surface area (Å²) in [5.41, 5.74) is 0. The van der Waals surface area contributed by atoms with Crippen molar-refractivity contribution in [3.63, 3.8) is 0 Å². The van der Waals surface area contributed by atoms with Crippen LogP contribution in [0.4, 0.5) is 0 Å². The highest BCUT2D eigenvalue weighted by Gasteiger charge is 2.27. The molecule has 0 amide bonds. The highest BCUT2D eigenvalue weighted by molar-refractivity contribution is 4.98. The van der Waals surface area contributed by atoms with Crippen molar-refractivity contribution in [2.45, 2.75) is 25.3 Å². The lowest BCUT2D eigenvalue weighted by Crippen LogP contribution is -2.31. The van der Waals surface area contributed by atoms with E-state index >= 15 is 0 Å². The predicted octanol–water partition coefficient (Wildman–Crippen LogP) is 0.530. The second-order valence-corrected chi connectivity index (χ2v) is 6.22. The Hall–Kier alpha value is -0.980. The third kappa shape index (κ3) is 3.19. The topological polar surface area (TPSA) is 57.4 Å². The van der Waals surface area contributed by atoms with Gasteiger partial charge in [-0.15, -0.1) is 0 Å². The summed E-state index contributed by atoms with van der Waals surface area (Å²) in [6, 6.07) is 0.252. The SMILES string of the molecule is CN1CCCN(C)C(c2noc(CC3CCNC3)n2)C1. The van der Waals surface area contributed by atoms with Gasteiger partial charge in [0.15, 0.2) is 5.82 Å². The molecule has 2 atom stereocenters. The normalized spacial score (nSPS) is 29.7. The van der Waals surface area contributed by atoms with Gasteiger partial charge in [0.2, 0.25) is 5.89 Å². The fourth-order valence-electron chi connectivity index (χ4n) is 3.17. The van der Waals surface area contributed by atoms with Crippen molar-refractivity contribution in [1.29, 1.82) is 0 Å². The Morgan fingerprint density at radius 3 is 3.05 bits per heavy atom. The van der Waals surface area contributed by atoms with E-state index in [2.05, 4.69) is 39.4 Å². The number of hydrogen-bond donors (Lipinski definition) is 1. The molecular formula is C14H25N5O. The second-order valence-electron chi connectivity index (χ2n) is 6.22. The molecule has 3 heterocycles. The van der Waals surface area contributed by atoms with Crippen LogP contribution < -0.4 is 5.32 Å². The summed E-state index contributed by atoms with van der Waals surface area (Å²) in [5.74, 6) is 2.30. The molecule has 3 rings (SSSR count). The molecule has 1 N–H and O–H groups in total. The quantitative estimate of drug-likeness (QED) is 0.871. The lowest BCUT2D eigenvalue weighted by Gasteiger charge is -2.24. The zero-order valence-electron chi connectivity index (χ0n) is 12.5. The fourth-order valence-corrected chi connectivity index (χ4v) is 3.17. The first-order valence-corrected chi connectivity index (χ1v) is 7.64. The molecule has 112 valence electrons. The number of rotatable bonds is 3. The highest BCUT2D eigenvalue weighted by Crippen LogP contribution is 2.22. The van der Waals surface area contributed by atoms with E-state index in [0.29, 0.717) is 5.92 Å². The first-order valence-electron chi connectivity index (χ1n) is 7.64. The molecule has 20 heavy (non-hydrogen) atoms. The molecule has 2 unspecified atom stereocenters. The van der Waals surface area contributed by atoms with E-state index in [1.54, 1.807) is 0 Å². The third-order valence-corrected chi connectivity index (χ3v) is 4.47. The number of hydrogen-bond acceptors (Lipinski definition) is 6. The summed E-state index contributed by atoms with van der Waals surface area (Å²) in [5, 5.41) is 7.61. The molecular weight excluding hydrogens is 254 g/mol. The largest absolute Gasteiger partial charge is 0.339 e. The van der Waals surface area contributed by atoms with Crippen LogP contribution in [-0.2, 0) is 6.42 Å².